The lowest BCUT2D eigenvalue weighted by atomic mass is 9.44. The van der Waals surface area contributed by atoms with Gasteiger partial charge in [0.2, 0.25) is 12.6 Å². The van der Waals surface area contributed by atoms with E-state index in [1.54, 1.807) is 12.2 Å². The molecule has 0 amide bonds. The molecule has 1 saturated heterocycles. The number of carbonyl (C=O) groups is 4. The van der Waals surface area contributed by atoms with Gasteiger partial charge in [-0.15, -0.1) is 0 Å². The van der Waals surface area contributed by atoms with E-state index >= 15 is 0 Å². The number of hydrogen-bond acceptors (Lipinski definition) is 10. The first-order chi connectivity index (χ1) is 18.7. The summed E-state index contributed by atoms with van der Waals surface area (Å²) in [6.07, 6.45) is -0.399. The third-order valence-corrected chi connectivity index (χ3v) is 8.79. The lowest BCUT2D eigenvalue weighted by molar-refractivity contribution is -0.276. The Bertz CT molecular complexity index is 1080. The Morgan fingerprint density at radius 3 is 2.25 bits per heavy atom. The highest BCUT2D eigenvalue weighted by molar-refractivity contribution is 5.70. The average molecular weight is 563 g/mol. The molecule has 3 aliphatic rings. The van der Waals surface area contributed by atoms with E-state index in [9.17, 15) is 24.3 Å². The van der Waals surface area contributed by atoms with E-state index in [0.717, 1.165) is 5.57 Å². The van der Waals surface area contributed by atoms with Crippen molar-refractivity contribution in [3.63, 3.8) is 0 Å². The molecule has 40 heavy (non-hydrogen) atoms. The maximum absolute atomic E-state index is 12.6. The van der Waals surface area contributed by atoms with Gasteiger partial charge in [-0.25, -0.2) is 0 Å². The van der Waals surface area contributed by atoms with Crippen LogP contribution in [0, 0.1) is 22.7 Å². The third kappa shape index (κ3) is 5.74. The summed E-state index contributed by atoms with van der Waals surface area (Å²) in [5.41, 5.74) is -1.07. The molecule has 1 heterocycles. The van der Waals surface area contributed by atoms with Gasteiger partial charge >= 0.3 is 23.9 Å². The summed E-state index contributed by atoms with van der Waals surface area (Å²) in [7, 11) is 0. The van der Waals surface area contributed by atoms with Crippen molar-refractivity contribution in [2.24, 2.45) is 22.7 Å². The lowest BCUT2D eigenvalue weighted by Crippen LogP contribution is -2.68. The monoisotopic (exact) mass is 562 g/mol. The molecule has 3 rings (SSSR count). The lowest BCUT2D eigenvalue weighted by Gasteiger charge is -2.62. The second-order valence-corrected chi connectivity index (χ2v) is 11.3. The fourth-order valence-electron chi connectivity index (χ4n) is 6.82. The molecule has 1 N–H and O–H groups in total. The largest absolute Gasteiger partial charge is 0.459 e. The van der Waals surface area contributed by atoms with Crippen LogP contribution in [0.5, 0.6) is 0 Å². The summed E-state index contributed by atoms with van der Waals surface area (Å²) >= 11 is 0. The van der Waals surface area contributed by atoms with Crippen LogP contribution in [0.1, 0.15) is 73.6 Å². The fraction of sp³-hybridized carbons (Fsp3) is 0.667. The van der Waals surface area contributed by atoms with E-state index in [1.807, 2.05) is 20.8 Å². The Labute approximate surface area is 235 Å². The van der Waals surface area contributed by atoms with Gasteiger partial charge in [-0.1, -0.05) is 45.6 Å². The smallest absolute Gasteiger partial charge is 0.306 e. The number of aliphatic hydroxyl groups excluding tert-OH is 1. The quantitative estimate of drug-likeness (QED) is 0.181. The molecule has 1 unspecified atom stereocenters. The number of rotatable bonds is 10. The standard InChI is InChI=1S/C30H42O10/c1-9-11-24(34)39-21-14-22-27(37-19(6)32)40-28(38-20(7)33)30(22)23(15-21)29(8,13-12-16(3)10-2)17(4)25(26(30)35)36-18(5)31/h10,14,17,21,23,25-28,35H,2-3,9,11-13,15H2,1,4-8H3/t17-,21+,23+,25+,26+,27+,28-,29-,30?/m0/s1. The summed E-state index contributed by atoms with van der Waals surface area (Å²) < 4.78 is 28.8. The second kappa shape index (κ2) is 12.3. The van der Waals surface area contributed by atoms with Crippen LogP contribution in [0.3, 0.4) is 0 Å². The summed E-state index contributed by atoms with van der Waals surface area (Å²) in [5, 5.41) is 12.1. The van der Waals surface area contributed by atoms with Gasteiger partial charge in [-0.05, 0) is 43.1 Å². The Balaban J connectivity index is 2.30. The van der Waals surface area contributed by atoms with Gasteiger partial charge in [-0.2, -0.15) is 0 Å². The number of esters is 4. The minimum Gasteiger partial charge on any atom is -0.459 e. The van der Waals surface area contributed by atoms with E-state index in [1.165, 1.54) is 20.8 Å². The minimum absolute atomic E-state index is 0.222. The number of ether oxygens (including phenoxy) is 5. The molecular weight excluding hydrogens is 520 g/mol. The van der Waals surface area contributed by atoms with E-state index < -0.39 is 71.5 Å². The molecular formula is C30H42O10. The van der Waals surface area contributed by atoms with Crippen molar-refractivity contribution >= 4 is 23.9 Å². The van der Waals surface area contributed by atoms with Crippen LogP contribution in [0.2, 0.25) is 0 Å². The molecule has 0 bridgehead atoms. The SMILES string of the molecule is C=CC(=C)CC[C@@]1(C)[C@@H](C)[C@@H](OC(C)=O)[C@@H](O)C23C(=C[C@@H](OC(=O)CCC)C[C@@H]21)[C@H](OC(C)=O)O[C@@H]3OC(C)=O. The highest BCUT2D eigenvalue weighted by Crippen LogP contribution is 2.67. The number of carbonyl (C=O) groups excluding carboxylic acids is 4. The molecule has 222 valence electrons. The van der Waals surface area contributed by atoms with Gasteiger partial charge in [0.25, 0.3) is 0 Å². The maximum atomic E-state index is 12.6. The zero-order chi connectivity index (χ0) is 30.0. The number of allylic oxidation sites excluding steroid dienone is 2. The second-order valence-electron chi connectivity index (χ2n) is 11.3. The van der Waals surface area contributed by atoms with Gasteiger partial charge in [0, 0.05) is 38.7 Å². The van der Waals surface area contributed by atoms with Crippen molar-refractivity contribution in [2.75, 3.05) is 0 Å². The molecule has 0 aromatic carbocycles. The van der Waals surface area contributed by atoms with Crippen LogP contribution < -0.4 is 0 Å². The van der Waals surface area contributed by atoms with Crippen LogP contribution in [0.25, 0.3) is 0 Å². The van der Waals surface area contributed by atoms with Gasteiger partial charge in [0.15, 0.2) is 0 Å². The van der Waals surface area contributed by atoms with Crippen LogP contribution in [0.15, 0.2) is 36.5 Å². The Morgan fingerprint density at radius 1 is 1.07 bits per heavy atom. The molecule has 2 aliphatic carbocycles. The van der Waals surface area contributed by atoms with Crippen molar-refractivity contribution in [3.05, 3.63) is 36.5 Å². The molecule has 10 heteroatoms. The first-order valence-electron chi connectivity index (χ1n) is 13.8. The van der Waals surface area contributed by atoms with E-state index in [4.69, 9.17) is 23.7 Å². The van der Waals surface area contributed by atoms with Gasteiger partial charge in [-0.3, -0.25) is 23.9 Å². The first-order valence-corrected chi connectivity index (χ1v) is 13.8. The van der Waals surface area contributed by atoms with Gasteiger partial charge < -0.3 is 24.1 Å². The predicted octanol–water partition coefficient (Wildman–Crippen LogP) is 3.91. The molecule has 1 saturated carbocycles. The van der Waals surface area contributed by atoms with Crippen molar-refractivity contribution in [1.29, 1.82) is 0 Å². The molecule has 1 aliphatic heterocycles. The minimum atomic E-state index is -1.48. The van der Waals surface area contributed by atoms with E-state index in [2.05, 4.69) is 13.2 Å². The molecule has 10 nitrogen and oxygen atoms in total. The fourth-order valence-corrected chi connectivity index (χ4v) is 6.82. The normalized spacial score (nSPS) is 36.3. The summed E-state index contributed by atoms with van der Waals surface area (Å²) in [5.74, 6) is -3.23. The topological polar surface area (TPSA) is 135 Å². The van der Waals surface area contributed by atoms with Gasteiger partial charge in [0.05, 0.1) is 5.41 Å². The van der Waals surface area contributed by atoms with Crippen LogP contribution in [0.4, 0.5) is 0 Å². The van der Waals surface area contributed by atoms with Crippen LogP contribution in [-0.2, 0) is 42.9 Å². The zero-order valence-corrected chi connectivity index (χ0v) is 24.3. The van der Waals surface area contributed by atoms with Crippen molar-refractivity contribution in [2.45, 2.75) is 105 Å². The summed E-state index contributed by atoms with van der Waals surface area (Å²) in [6.45, 7) is 17.3. The summed E-state index contributed by atoms with van der Waals surface area (Å²) in [4.78, 5) is 49.3. The molecule has 9 atom stereocenters. The van der Waals surface area contributed by atoms with E-state index in [0.29, 0.717) is 24.8 Å². The molecule has 0 radical (unpaired) electrons. The molecule has 0 aromatic heterocycles. The first kappa shape index (κ1) is 31.5. The molecule has 2 fully saturated rings. The zero-order valence-electron chi connectivity index (χ0n) is 24.3. The Hall–Kier alpha value is -2.98. The molecule has 0 aromatic rings. The Morgan fingerprint density at radius 2 is 1.70 bits per heavy atom. The summed E-state index contributed by atoms with van der Waals surface area (Å²) in [6, 6.07) is 0. The van der Waals surface area contributed by atoms with E-state index in [-0.39, 0.29) is 18.8 Å². The third-order valence-electron chi connectivity index (χ3n) is 8.79. The van der Waals surface area contributed by atoms with Crippen molar-refractivity contribution in [3.8, 4) is 0 Å². The molecule has 1 spiro atoms. The van der Waals surface area contributed by atoms with Crippen molar-refractivity contribution in [1.82, 2.24) is 0 Å². The van der Waals surface area contributed by atoms with Crippen LogP contribution in [-0.4, -0.2) is 59.9 Å². The Kier molecular flexibility index (Phi) is 9.67. The highest BCUT2D eigenvalue weighted by Gasteiger charge is 2.74. The maximum Gasteiger partial charge on any atom is 0.306 e. The predicted molar refractivity (Wildman–Crippen MR) is 143 cm³/mol. The number of aliphatic hydroxyl groups is 1. The highest BCUT2D eigenvalue weighted by atomic mass is 16.8. The van der Waals surface area contributed by atoms with Crippen LogP contribution >= 0.6 is 0 Å². The average Bonchev–Trinajstić information content (AvgIpc) is 3.15. The number of hydrogen-bond donors (Lipinski definition) is 1. The van der Waals surface area contributed by atoms with Gasteiger partial charge in [0.1, 0.15) is 18.3 Å². The van der Waals surface area contributed by atoms with Crippen molar-refractivity contribution < 1.29 is 48.0 Å².